The molecule has 0 bridgehead atoms. The van der Waals surface area contributed by atoms with E-state index in [1.165, 1.54) is 10.4 Å². The molecule has 0 unspecified atom stereocenters. The van der Waals surface area contributed by atoms with Crippen molar-refractivity contribution >= 4 is 29.1 Å². The highest BCUT2D eigenvalue weighted by atomic mass is 16.5. The van der Waals surface area contributed by atoms with Gasteiger partial charge in [-0.15, -0.1) is 0 Å². The van der Waals surface area contributed by atoms with E-state index in [4.69, 9.17) is 5.21 Å². The molecule has 8 heteroatoms. The Morgan fingerprint density at radius 3 is 2.18 bits per heavy atom. The zero-order valence-electron chi connectivity index (χ0n) is 15.0. The van der Waals surface area contributed by atoms with Gasteiger partial charge in [0.15, 0.2) is 0 Å². The number of aliphatic hydroxyl groups is 1. The van der Waals surface area contributed by atoms with E-state index in [9.17, 15) is 19.5 Å². The number of nitrogens with one attached hydrogen (secondary N) is 2. The Morgan fingerprint density at radius 1 is 0.929 bits per heavy atom. The zero-order valence-corrected chi connectivity index (χ0v) is 15.0. The number of hydroxylamine groups is 1. The number of amides is 3. The Balaban J connectivity index is 1.99. The van der Waals surface area contributed by atoms with Gasteiger partial charge in [0.25, 0.3) is 5.91 Å². The van der Waals surface area contributed by atoms with E-state index in [1.807, 2.05) is 18.2 Å². The molecule has 0 saturated heterocycles. The highest BCUT2D eigenvalue weighted by Crippen LogP contribution is 2.16. The Labute approximate surface area is 162 Å². The third kappa shape index (κ3) is 6.35. The monoisotopic (exact) mass is 383 g/mol. The molecular formula is C20H21N3O5. The van der Waals surface area contributed by atoms with Crippen molar-refractivity contribution in [3.8, 4) is 0 Å². The molecule has 28 heavy (non-hydrogen) atoms. The van der Waals surface area contributed by atoms with Gasteiger partial charge in [-0.05, 0) is 29.8 Å². The van der Waals surface area contributed by atoms with Crippen LogP contribution >= 0.6 is 0 Å². The van der Waals surface area contributed by atoms with Gasteiger partial charge in [-0.3, -0.25) is 19.6 Å². The van der Waals surface area contributed by atoms with Gasteiger partial charge >= 0.3 is 0 Å². The number of aliphatic hydroxyl groups excluding tert-OH is 1. The maximum Gasteiger partial charge on any atom is 0.267 e. The first kappa shape index (κ1) is 20.8. The van der Waals surface area contributed by atoms with Crippen molar-refractivity contribution in [2.24, 2.45) is 0 Å². The smallest absolute Gasteiger partial charge is 0.267 e. The second-order valence-electron chi connectivity index (χ2n) is 5.78. The lowest BCUT2D eigenvalue weighted by Gasteiger charge is -2.22. The maximum absolute atomic E-state index is 12.6. The van der Waals surface area contributed by atoms with Crippen LogP contribution in [0, 0.1) is 0 Å². The van der Waals surface area contributed by atoms with Gasteiger partial charge in [0.05, 0.1) is 13.0 Å². The average Bonchev–Trinajstić information content (AvgIpc) is 2.72. The van der Waals surface area contributed by atoms with Crippen molar-refractivity contribution in [1.82, 2.24) is 5.48 Å². The summed E-state index contributed by atoms with van der Waals surface area (Å²) in [6.45, 7) is 0.0537. The Kier molecular flexibility index (Phi) is 7.89. The van der Waals surface area contributed by atoms with Crippen LogP contribution in [0.25, 0.3) is 0 Å². The SMILES string of the molecule is O=C(/C=C/C(=O)Nc1ccc(CC(=O)N(CCO)c2ccccc2)cc1)NO. The standard InChI is InChI=1S/C20H21N3O5/c24-13-12-23(17-4-2-1-3-5-17)20(27)14-15-6-8-16(9-7-15)21-18(25)10-11-19(26)22-28/h1-11,24,28H,12-14H2,(H,21,25)(H,22,26)/b11-10+. The molecule has 0 fully saturated rings. The number of carbonyl (C=O) groups excluding carboxylic acids is 3. The molecule has 0 aliphatic rings. The molecule has 3 amide bonds. The Hall–Kier alpha value is -3.49. The van der Waals surface area contributed by atoms with Crippen LogP contribution in [0.5, 0.6) is 0 Å². The van der Waals surface area contributed by atoms with Crippen LogP contribution in [0.3, 0.4) is 0 Å². The van der Waals surface area contributed by atoms with Crippen molar-refractivity contribution in [3.05, 3.63) is 72.3 Å². The number of nitrogens with zero attached hydrogens (tertiary/aromatic N) is 1. The van der Waals surface area contributed by atoms with E-state index >= 15 is 0 Å². The first-order chi connectivity index (χ1) is 13.5. The summed E-state index contributed by atoms with van der Waals surface area (Å²) >= 11 is 0. The molecule has 0 heterocycles. The van der Waals surface area contributed by atoms with Crippen molar-refractivity contribution in [2.45, 2.75) is 6.42 Å². The fourth-order valence-electron chi connectivity index (χ4n) is 2.45. The Bertz CT molecular complexity index is 835. The third-order valence-corrected chi connectivity index (χ3v) is 3.77. The van der Waals surface area contributed by atoms with Crippen molar-refractivity contribution in [3.63, 3.8) is 0 Å². The van der Waals surface area contributed by atoms with E-state index in [0.29, 0.717) is 11.4 Å². The van der Waals surface area contributed by atoms with Gasteiger partial charge in [-0.25, -0.2) is 5.48 Å². The van der Waals surface area contributed by atoms with Crippen LogP contribution in [-0.2, 0) is 20.8 Å². The summed E-state index contributed by atoms with van der Waals surface area (Å²) in [4.78, 5) is 36.7. The molecule has 0 atom stereocenters. The number of hydrogen-bond acceptors (Lipinski definition) is 5. The number of benzene rings is 2. The van der Waals surface area contributed by atoms with Gasteiger partial charge in [0, 0.05) is 30.1 Å². The molecule has 4 N–H and O–H groups in total. The van der Waals surface area contributed by atoms with E-state index in [1.54, 1.807) is 36.4 Å². The van der Waals surface area contributed by atoms with Gasteiger partial charge in [-0.1, -0.05) is 30.3 Å². The van der Waals surface area contributed by atoms with Crippen LogP contribution in [0.1, 0.15) is 5.56 Å². The zero-order chi connectivity index (χ0) is 20.4. The molecule has 0 aromatic heterocycles. The largest absolute Gasteiger partial charge is 0.395 e. The number of anilines is 2. The minimum absolute atomic E-state index is 0.139. The average molecular weight is 383 g/mol. The summed E-state index contributed by atoms with van der Waals surface area (Å²) in [6.07, 6.45) is 2.01. The highest BCUT2D eigenvalue weighted by Gasteiger charge is 2.15. The molecule has 8 nitrogen and oxygen atoms in total. The van der Waals surface area contributed by atoms with Gasteiger partial charge in [0.1, 0.15) is 0 Å². The second kappa shape index (κ2) is 10.6. The first-order valence-corrected chi connectivity index (χ1v) is 8.52. The van der Waals surface area contributed by atoms with E-state index in [2.05, 4.69) is 5.32 Å². The lowest BCUT2D eigenvalue weighted by molar-refractivity contribution is -0.124. The van der Waals surface area contributed by atoms with E-state index < -0.39 is 11.8 Å². The van der Waals surface area contributed by atoms with E-state index in [-0.39, 0.29) is 25.5 Å². The summed E-state index contributed by atoms with van der Waals surface area (Å²) in [6, 6.07) is 15.8. The molecule has 146 valence electrons. The summed E-state index contributed by atoms with van der Waals surface area (Å²) in [5.74, 6) is -1.50. The predicted molar refractivity (Wildman–Crippen MR) is 104 cm³/mol. The Morgan fingerprint density at radius 2 is 1.57 bits per heavy atom. The van der Waals surface area contributed by atoms with Crippen LogP contribution in [0.2, 0.25) is 0 Å². The molecule has 2 aromatic rings. The minimum atomic E-state index is -0.810. The highest BCUT2D eigenvalue weighted by molar-refractivity contribution is 6.03. The van der Waals surface area contributed by atoms with Gasteiger partial charge in [0.2, 0.25) is 11.8 Å². The quantitative estimate of drug-likeness (QED) is 0.311. The number of para-hydroxylation sites is 1. The topological polar surface area (TPSA) is 119 Å². The van der Waals surface area contributed by atoms with Crippen LogP contribution in [0.15, 0.2) is 66.7 Å². The van der Waals surface area contributed by atoms with Crippen LogP contribution in [-0.4, -0.2) is 41.2 Å². The fourth-order valence-corrected chi connectivity index (χ4v) is 2.45. The first-order valence-electron chi connectivity index (χ1n) is 8.52. The van der Waals surface area contributed by atoms with Crippen molar-refractivity contribution in [1.29, 1.82) is 0 Å². The minimum Gasteiger partial charge on any atom is -0.395 e. The molecular weight excluding hydrogens is 362 g/mol. The number of carbonyl (C=O) groups is 3. The molecule has 0 aliphatic heterocycles. The number of rotatable bonds is 8. The molecule has 0 spiro atoms. The van der Waals surface area contributed by atoms with E-state index in [0.717, 1.165) is 17.7 Å². The summed E-state index contributed by atoms with van der Waals surface area (Å²) in [5.41, 5.74) is 3.33. The number of hydrogen-bond donors (Lipinski definition) is 4. The molecule has 0 saturated carbocycles. The molecule has 2 rings (SSSR count). The fraction of sp³-hybridized carbons (Fsp3) is 0.150. The maximum atomic E-state index is 12.6. The van der Waals surface area contributed by atoms with Crippen LogP contribution in [0.4, 0.5) is 11.4 Å². The second-order valence-corrected chi connectivity index (χ2v) is 5.78. The predicted octanol–water partition coefficient (Wildman–Crippen LogP) is 1.25. The molecule has 2 aromatic carbocycles. The van der Waals surface area contributed by atoms with Crippen molar-refractivity contribution in [2.75, 3.05) is 23.4 Å². The lowest BCUT2D eigenvalue weighted by Crippen LogP contribution is -2.34. The van der Waals surface area contributed by atoms with Crippen LogP contribution < -0.4 is 15.7 Å². The molecule has 0 radical (unpaired) electrons. The molecule has 0 aliphatic carbocycles. The third-order valence-electron chi connectivity index (χ3n) is 3.77. The van der Waals surface area contributed by atoms with Gasteiger partial charge in [-0.2, -0.15) is 0 Å². The van der Waals surface area contributed by atoms with Crippen molar-refractivity contribution < 1.29 is 24.7 Å². The van der Waals surface area contributed by atoms with Gasteiger partial charge < -0.3 is 15.3 Å². The summed E-state index contributed by atoms with van der Waals surface area (Å²) in [7, 11) is 0. The summed E-state index contributed by atoms with van der Waals surface area (Å²) in [5, 5.41) is 20.2. The summed E-state index contributed by atoms with van der Waals surface area (Å²) < 4.78 is 0. The lowest BCUT2D eigenvalue weighted by atomic mass is 10.1. The normalized spacial score (nSPS) is 10.5.